The van der Waals surface area contributed by atoms with Crippen molar-refractivity contribution in [3.63, 3.8) is 0 Å². The standard InChI is InChI=1S/C19H21N7O2S2/c1-11(20-16(28)12-6-4-3-5-7-12)15-22-25-19(26(15)2)29-10-14(27)21-18-24-23-17(30-18)13-8-9-13/h3-7,11,13H,8-10H2,1-2H3,(H,20,28)(H,21,24,27)/t11-/m1/s1. The lowest BCUT2D eigenvalue weighted by Crippen LogP contribution is -2.28. The Morgan fingerprint density at radius 2 is 1.97 bits per heavy atom. The van der Waals surface area contributed by atoms with Crippen molar-refractivity contribution in [3.05, 3.63) is 46.7 Å². The van der Waals surface area contributed by atoms with Gasteiger partial charge in [-0.2, -0.15) is 0 Å². The van der Waals surface area contributed by atoms with Gasteiger partial charge in [0.25, 0.3) is 5.91 Å². The van der Waals surface area contributed by atoms with Crippen molar-refractivity contribution in [3.8, 4) is 0 Å². The van der Waals surface area contributed by atoms with Crippen molar-refractivity contribution >= 4 is 40.0 Å². The lowest BCUT2D eigenvalue weighted by molar-refractivity contribution is -0.113. The number of carbonyl (C=O) groups excluding carboxylic acids is 2. The highest BCUT2D eigenvalue weighted by Gasteiger charge is 2.27. The van der Waals surface area contributed by atoms with Crippen LogP contribution in [0.5, 0.6) is 0 Å². The molecule has 0 aliphatic heterocycles. The Morgan fingerprint density at radius 1 is 1.20 bits per heavy atom. The fourth-order valence-electron chi connectivity index (χ4n) is 2.83. The van der Waals surface area contributed by atoms with Gasteiger partial charge in [-0.15, -0.1) is 20.4 Å². The smallest absolute Gasteiger partial charge is 0.251 e. The second-order valence-electron chi connectivity index (χ2n) is 7.02. The van der Waals surface area contributed by atoms with E-state index in [4.69, 9.17) is 0 Å². The third-order valence-corrected chi connectivity index (χ3v) is 6.61. The lowest BCUT2D eigenvalue weighted by atomic mass is 10.2. The van der Waals surface area contributed by atoms with E-state index in [1.54, 1.807) is 16.7 Å². The van der Waals surface area contributed by atoms with Crippen LogP contribution in [-0.2, 0) is 11.8 Å². The van der Waals surface area contributed by atoms with Crippen LogP contribution in [0.1, 0.15) is 52.9 Å². The molecule has 1 aliphatic rings. The molecule has 0 bridgehead atoms. The molecule has 9 nitrogen and oxygen atoms in total. The minimum atomic E-state index is -0.333. The number of thioether (sulfide) groups is 1. The van der Waals surface area contributed by atoms with Crippen molar-refractivity contribution in [2.75, 3.05) is 11.1 Å². The molecule has 1 saturated carbocycles. The molecular weight excluding hydrogens is 422 g/mol. The van der Waals surface area contributed by atoms with Gasteiger partial charge in [-0.1, -0.05) is 41.3 Å². The van der Waals surface area contributed by atoms with Crippen LogP contribution in [0, 0.1) is 0 Å². The van der Waals surface area contributed by atoms with E-state index in [0.29, 0.717) is 27.6 Å². The van der Waals surface area contributed by atoms with E-state index in [1.165, 1.54) is 23.1 Å². The average molecular weight is 444 g/mol. The molecule has 11 heteroatoms. The molecule has 1 aromatic carbocycles. The van der Waals surface area contributed by atoms with Crippen molar-refractivity contribution in [2.45, 2.75) is 36.9 Å². The summed E-state index contributed by atoms with van der Waals surface area (Å²) in [5, 5.41) is 24.3. The third kappa shape index (κ3) is 4.85. The third-order valence-electron chi connectivity index (χ3n) is 4.59. The van der Waals surface area contributed by atoms with Gasteiger partial charge in [0, 0.05) is 18.5 Å². The van der Waals surface area contributed by atoms with E-state index in [1.807, 2.05) is 32.2 Å². The fourth-order valence-corrected chi connectivity index (χ4v) is 4.48. The molecule has 2 aromatic heterocycles. The maximum Gasteiger partial charge on any atom is 0.251 e. The first kappa shape index (κ1) is 20.5. The highest BCUT2D eigenvalue weighted by atomic mass is 32.2. The Hall–Kier alpha value is -2.79. The van der Waals surface area contributed by atoms with Gasteiger partial charge in [-0.3, -0.25) is 14.9 Å². The topological polar surface area (TPSA) is 115 Å². The van der Waals surface area contributed by atoms with E-state index in [0.717, 1.165) is 17.8 Å². The molecule has 0 radical (unpaired) electrons. The number of amides is 2. The van der Waals surface area contributed by atoms with Gasteiger partial charge in [0.15, 0.2) is 11.0 Å². The molecule has 0 saturated heterocycles. The van der Waals surface area contributed by atoms with Crippen LogP contribution in [-0.4, -0.2) is 42.5 Å². The van der Waals surface area contributed by atoms with Crippen LogP contribution in [0.4, 0.5) is 5.13 Å². The molecule has 1 aliphatic carbocycles. The zero-order valence-corrected chi connectivity index (χ0v) is 18.2. The number of nitrogens with one attached hydrogen (secondary N) is 2. The lowest BCUT2D eigenvalue weighted by Gasteiger charge is -2.13. The van der Waals surface area contributed by atoms with Crippen molar-refractivity contribution in [1.82, 2.24) is 30.3 Å². The van der Waals surface area contributed by atoms with Crippen LogP contribution in [0.25, 0.3) is 0 Å². The molecule has 1 fully saturated rings. The van der Waals surface area contributed by atoms with Gasteiger partial charge >= 0.3 is 0 Å². The van der Waals surface area contributed by atoms with Gasteiger partial charge in [-0.05, 0) is 31.9 Å². The highest BCUT2D eigenvalue weighted by Crippen LogP contribution is 2.42. The quantitative estimate of drug-likeness (QED) is 0.515. The Kier molecular flexibility index (Phi) is 6.09. The number of rotatable bonds is 8. The Bertz CT molecular complexity index is 1050. The minimum absolute atomic E-state index is 0.173. The summed E-state index contributed by atoms with van der Waals surface area (Å²) >= 11 is 2.71. The summed E-state index contributed by atoms with van der Waals surface area (Å²) in [6, 6.07) is 8.67. The minimum Gasteiger partial charge on any atom is -0.342 e. The first-order valence-corrected chi connectivity index (χ1v) is 11.3. The van der Waals surface area contributed by atoms with Crippen LogP contribution in [0.3, 0.4) is 0 Å². The van der Waals surface area contributed by atoms with Crippen molar-refractivity contribution < 1.29 is 9.59 Å². The average Bonchev–Trinajstić information content (AvgIpc) is 3.38. The van der Waals surface area contributed by atoms with Gasteiger partial charge < -0.3 is 9.88 Å². The summed E-state index contributed by atoms with van der Waals surface area (Å²) in [6.45, 7) is 1.85. The number of aromatic nitrogens is 5. The molecule has 0 spiro atoms. The van der Waals surface area contributed by atoms with E-state index in [9.17, 15) is 9.59 Å². The SMILES string of the molecule is C[C@@H](NC(=O)c1ccccc1)c1nnc(SCC(=O)Nc2nnc(C3CC3)s2)n1C. The predicted molar refractivity (Wildman–Crippen MR) is 115 cm³/mol. The van der Waals surface area contributed by atoms with E-state index in [2.05, 4.69) is 31.0 Å². The van der Waals surface area contributed by atoms with Crippen molar-refractivity contribution in [1.29, 1.82) is 0 Å². The maximum atomic E-state index is 12.3. The largest absolute Gasteiger partial charge is 0.342 e. The molecule has 0 unspecified atom stereocenters. The molecule has 4 rings (SSSR count). The summed E-state index contributed by atoms with van der Waals surface area (Å²) in [6.07, 6.45) is 2.30. The summed E-state index contributed by atoms with van der Waals surface area (Å²) in [5.41, 5.74) is 0.583. The number of hydrogen-bond donors (Lipinski definition) is 2. The zero-order chi connectivity index (χ0) is 21.1. The zero-order valence-electron chi connectivity index (χ0n) is 16.5. The summed E-state index contributed by atoms with van der Waals surface area (Å²) in [4.78, 5) is 24.6. The van der Waals surface area contributed by atoms with Gasteiger partial charge in [-0.25, -0.2) is 0 Å². The Labute approximate surface area is 181 Å². The van der Waals surface area contributed by atoms with Crippen molar-refractivity contribution in [2.24, 2.45) is 7.05 Å². The number of anilines is 1. The molecule has 2 amide bonds. The molecular formula is C19H21N7O2S2. The van der Waals surface area contributed by atoms with Gasteiger partial charge in [0.05, 0.1) is 11.8 Å². The van der Waals surface area contributed by atoms with Crippen LogP contribution in [0.15, 0.2) is 35.5 Å². The molecule has 1 atom stereocenters. The Balaban J connectivity index is 1.31. The van der Waals surface area contributed by atoms with E-state index in [-0.39, 0.29) is 23.6 Å². The number of hydrogen-bond acceptors (Lipinski definition) is 8. The van der Waals surface area contributed by atoms with Gasteiger partial charge in [0.1, 0.15) is 5.01 Å². The molecule has 30 heavy (non-hydrogen) atoms. The fraction of sp³-hybridized carbons (Fsp3) is 0.368. The summed E-state index contributed by atoms with van der Waals surface area (Å²) < 4.78 is 1.78. The highest BCUT2D eigenvalue weighted by molar-refractivity contribution is 7.99. The molecule has 2 heterocycles. The number of nitrogens with zero attached hydrogens (tertiary/aromatic N) is 5. The molecule has 2 N–H and O–H groups in total. The first-order valence-electron chi connectivity index (χ1n) is 9.52. The molecule has 3 aromatic rings. The normalized spacial score (nSPS) is 14.3. The van der Waals surface area contributed by atoms with E-state index >= 15 is 0 Å². The summed E-state index contributed by atoms with van der Waals surface area (Å²) in [7, 11) is 1.81. The maximum absolute atomic E-state index is 12.3. The summed E-state index contributed by atoms with van der Waals surface area (Å²) in [5.74, 6) is 0.954. The Morgan fingerprint density at radius 3 is 2.70 bits per heavy atom. The second kappa shape index (κ2) is 8.92. The van der Waals surface area contributed by atoms with Crippen LogP contribution < -0.4 is 10.6 Å². The number of carbonyl (C=O) groups is 2. The molecule has 156 valence electrons. The van der Waals surface area contributed by atoms with Crippen LogP contribution in [0.2, 0.25) is 0 Å². The van der Waals surface area contributed by atoms with Crippen LogP contribution >= 0.6 is 23.1 Å². The van der Waals surface area contributed by atoms with Gasteiger partial charge in [0.2, 0.25) is 11.0 Å². The predicted octanol–water partition coefficient (Wildman–Crippen LogP) is 2.77. The second-order valence-corrected chi connectivity index (χ2v) is 8.97. The monoisotopic (exact) mass is 443 g/mol. The van der Waals surface area contributed by atoms with E-state index < -0.39 is 0 Å². The number of benzene rings is 1. The first-order chi connectivity index (χ1) is 14.5.